The smallest absolute Gasteiger partial charge is 0.251 e. The second-order valence-corrected chi connectivity index (χ2v) is 8.29. The van der Waals surface area contributed by atoms with Gasteiger partial charge in [-0.3, -0.25) is 14.5 Å². The molecular weight excluding hydrogens is 424 g/mol. The first-order valence-corrected chi connectivity index (χ1v) is 10.7. The number of pyridine rings is 1. The molecule has 1 atom stereocenters. The summed E-state index contributed by atoms with van der Waals surface area (Å²) in [5.74, 6) is 0. The quantitative estimate of drug-likeness (QED) is 0.508. The van der Waals surface area contributed by atoms with Crippen molar-refractivity contribution >= 4 is 17.3 Å². The summed E-state index contributed by atoms with van der Waals surface area (Å²) in [6.45, 7) is 0.433. The lowest BCUT2D eigenvalue weighted by molar-refractivity contribution is 0.247. The number of hydrogen-bond donors (Lipinski definition) is 1. The van der Waals surface area contributed by atoms with Crippen molar-refractivity contribution in [2.75, 3.05) is 6.61 Å². The van der Waals surface area contributed by atoms with Crippen molar-refractivity contribution in [2.45, 2.75) is 12.6 Å². The summed E-state index contributed by atoms with van der Waals surface area (Å²) >= 11 is 6.10. The summed E-state index contributed by atoms with van der Waals surface area (Å²) in [6, 6.07) is 16.3. The van der Waals surface area contributed by atoms with E-state index >= 15 is 0 Å². The van der Waals surface area contributed by atoms with Crippen LogP contribution in [0.3, 0.4) is 0 Å². The second kappa shape index (κ2) is 8.22. The lowest BCUT2D eigenvalue weighted by atomic mass is 9.96. The number of halogens is 1. The van der Waals surface area contributed by atoms with Crippen LogP contribution in [0, 0.1) is 0 Å². The third-order valence-electron chi connectivity index (χ3n) is 5.77. The number of nitrogens with zero attached hydrogens (tertiary/aromatic N) is 4. The molecular formula is C25H21ClN4O2. The average Bonchev–Trinajstić information content (AvgIpc) is 3.40. The van der Waals surface area contributed by atoms with Crippen LogP contribution < -0.4 is 5.56 Å². The zero-order chi connectivity index (χ0) is 22.2. The Morgan fingerprint density at radius 2 is 1.94 bits per heavy atom. The number of aromatic nitrogens is 3. The molecule has 1 N–H and O–H groups in total. The van der Waals surface area contributed by atoms with Gasteiger partial charge in [0.2, 0.25) is 0 Å². The highest BCUT2D eigenvalue weighted by Crippen LogP contribution is 2.29. The molecule has 0 unspecified atom stereocenters. The summed E-state index contributed by atoms with van der Waals surface area (Å²) in [4.78, 5) is 17.7. The number of hydrogen-bond acceptors (Lipinski definition) is 4. The minimum atomic E-state index is -0.500. The highest BCUT2D eigenvalue weighted by molar-refractivity contribution is 6.30. The Hall–Kier alpha value is -3.48. The minimum Gasteiger partial charge on any atom is -0.394 e. The predicted octanol–water partition coefficient (Wildman–Crippen LogP) is 3.83. The Morgan fingerprint density at radius 3 is 2.66 bits per heavy atom. The molecule has 160 valence electrons. The molecule has 0 fully saturated rings. The van der Waals surface area contributed by atoms with Crippen molar-refractivity contribution in [3.63, 3.8) is 0 Å². The second-order valence-electron chi connectivity index (χ2n) is 7.85. The van der Waals surface area contributed by atoms with Crippen LogP contribution in [0.15, 0.2) is 83.0 Å². The molecule has 7 heteroatoms. The molecule has 0 bridgehead atoms. The maximum Gasteiger partial charge on any atom is 0.251 e. The maximum absolute atomic E-state index is 13.0. The molecule has 0 saturated carbocycles. The topological polar surface area (TPSA) is 72.4 Å². The van der Waals surface area contributed by atoms with Crippen molar-refractivity contribution in [2.24, 2.45) is 12.0 Å². The highest BCUT2D eigenvalue weighted by Gasteiger charge is 2.20. The molecule has 0 amide bonds. The van der Waals surface area contributed by atoms with Crippen LogP contribution in [-0.4, -0.2) is 31.8 Å². The first kappa shape index (κ1) is 20.4. The number of aliphatic hydroxyl groups excluding tert-OH is 1. The summed E-state index contributed by atoms with van der Waals surface area (Å²) < 4.78 is 3.29. The summed E-state index contributed by atoms with van der Waals surface area (Å²) in [5.41, 5.74) is 6.46. The standard InChI is InChI=1S/C25H21ClN4O2/c1-29-14-20(13-28-29)25-22-10-16(5-6-19(22)12-27-25)17-7-8-30(24(32)11-17)23(15-31)18-3-2-4-21(26)9-18/h2-11,13-14,23,31H,12,15H2,1H3/t23-/m1/s1. The molecule has 3 heterocycles. The zero-order valence-electron chi connectivity index (χ0n) is 17.4. The van der Waals surface area contributed by atoms with E-state index in [1.165, 1.54) is 4.57 Å². The van der Waals surface area contributed by atoms with Gasteiger partial charge in [-0.05, 0) is 46.5 Å². The molecule has 2 aromatic carbocycles. The first-order valence-electron chi connectivity index (χ1n) is 10.3. The van der Waals surface area contributed by atoms with E-state index in [9.17, 15) is 9.90 Å². The lowest BCUT2D eigenvalue weighted by Crippen LogP contribution is -2.26. The van der Waals surface area contributed by atoms with Crippen LogP contribution >= 0.6 is 11.6 Å². The van der Waals surface area contributed by atoms with Gasteiger partial charge < -0.3 is 9.67 Å². The van der Waals surface area contributed by atoms with Crippen molar-refractivity contribution < 1.29 is 5.11 Å². The molecule has 4 aromatic rings. The Kier molecular flexibility index (Phi) is 5.25. The molecule has 0 radical (unpaired) electrons. The van der Waals surface area contributed by atoms with Crippen LogP contribution in [-0.2, 0) is 13.6 Å². The minimum absolute atomic E-state index is 0.192. The largest absolute Gasteiger partial charge is 0.394 e. The van der Waals surface area contributed by atoms with Gasteiger partial charge in [0.25, 0.3) is 5.56 Å². The van der Waals surface area contributed by atoms with Gasteiger partial charge in [0.15, 0.2) is 0 Å². The molecule has 6 nitrogen and oxygen atoms in total. The maximum atomic E-state index is 13.0. The van der Waals surface area contributed by atoms with E-state index in [0.717, 1.165) is 39.1 Å². The van der Waals surface area contributed by atoms with Gasteiger partial charge in [0.1, 0.15) is 0 Å². The van der Waals surface area contributed by atoms with Crippen LogP contribution in [0.5, 0.6) is 0 Å². The average molecular weight is 445 g/mol. The van der Waals surface area contributed by atoms with Crippen molar-refractivity contribution in [3.05, 3.63) is 111 Å². The van der Waals surface area contributed by atoms with Gasteiger partial charge in [0, 0.05) is 41.7 Å². The van der Waals surface area contributed by atoms with Crippen molar-refractivity contribution in [1.29, 1.82) is 0 Å². The number of aliphatic imine (C=N–C) groups is 1. The monoisotopic (exact) mass is 444 g/mol. The van der Waals surface area contributed by atoms with Gasteiger partial charge in [0.05, 0.1) is 31.1 Å². The van der Waals surface area contributed by atoms with Gasteiger partial charge in [-0.15, -0.1) is 0 Å². The number of benzene rings is 2. The third kappa shape index (κ3) is 3.68. The Bertz CT molecular complexity index is 1400. The fraction of sp³-hybridized carbons (Fsp3) is 0.160. The van der Waals surface area contributed by atoms with Gasteiger partial charge >= 0.3 is 0 Å². The first-order chi connectivity index (χ1) is 15.5. The molecule has 1 aliphatic heterocycles. The highest BCUT2D eigenvalue weighted by atomic mass is 35.5. The SMILES string of the molecule is Cn1cc(C2=NCc3ccc(-c4ccn([C@H](CO)c5cccc(Cl)c5)c(=O)c4)cc32)cn1. The Labute approximate surface area is 190 Å². The van der Waals surface area contributed by atoms with E-state index in [1.807, 2.05) is 43.7 Å². The number of fused-ring (bicyclic) bond motifs is 1. The molecule has 0 spiro atoms. The van der Waals surface area contributed by atoms with E-state index in [-0.39, 0.29) is 12.2 Å². The van der Waals surface area contributed by atoms with Crippen molar-refractivity contribution in [1.82, 2.24) is 14.3 Å². The normalized spacial score (nSPS) is 13.7. The number of aryl methyl sites for hydroxylation is 1. The zero-order valence-corrected chi connectivity index (χ0v) is 18.2. The van der Waals surface area contributed by atoms with E-state index in [0.29, 0.717) is 11.6 Å². The van der Waals surface area contributed by atoms with Crippen LogP contribution in [0.4, 0.5) is 0 Å². The fourth-order valence-electron chi connectivity index (χ4n) is 4.15. The van der Waals surface area contributed by atoms with Crippen molar-refractivity contribution in [3.8, 4) is 11.1 Å². The van der Waals surface area contributed by atoms with Crippen LogP contribution in [0.25, 0.3) is 11.1 Å². The molecule has 32 heavy (non-hydrogen) atoms. The molecule has 2 aromatic heterocycles. The molecule has 5 rings (SSSR count). The molecule has 0 aliphatic carbocycles. The fourth-order valence-corrected chi connectivity index (χ4v) is 4.35. The third-order valence-corrected chi connectivity index (χ3v) is 6.01. The number of aliphatic hydroxyl groups is 1. The molecule has 1 aliphatic rings. The van der Waals surface area contributed by atoms with Crippen LogP contribution in [0.2, 0.25) is 5.02 Å². The summed E-state index contributed by atoms with van der Waals surface area (Å²) in [7, 11) is 1.88. The Morgan fingerprint density at radius 1 is 1.09 bits per heavy atom. The van der Waals surface area contributed by atoms with Crippen LogP contribution in [0.1, 0.15) is 28.3 Å². The Balaban J connectivity index is 1.50. The predicted molar refractivity (Wildman–Crippen MR) is 125 cm³/mol. The van der Waals surface area contributed by atoms with E-state index < -0.39 is 6.04 Å². The summed E-state index contributed by atoms with van der Waals surface area (Å²) in [6.07, 6.45) is 5.49. The summed E-state index contributed by atoms with van der Waals surface area (Å²) in [5, 5.41) is 14.8. The number of rotatable bonds is 5. The van der Waals surface area contributed by atoms with E-state index in [1.54, 1.807) is 29.1 Å². The van der Waals surface area contributed by atoms with E-state index in [4.69, 9.17) is 11.6 Å². The van der Waals surface area contributed by atoms with E-state index in [2.05, 4.69) is 22.2 Å². The van der Waals surface area contributed by atoms with Gasteiger partial charge in [-0.2, -0.15) is 5.10 Å². The van der Waals surface area contributed by atoms with Gasteiger partial charge in [-0.1, -0.05) is 35.9 Å². The molecule has 0 saturated heterocycles. The van der Waals surface area contributed by atoms with Gasteiger partial charge in [-0.25, -0.2) is 0 Å². The lowest BCUT2D eigenvalue weighted by Gasteiger charge is -2.19.